The molecule has 0 bridgehead atoms. The van der Waals surface area contributed by atoms with Crippen LogP contribution in [0.2, 0.25) is 0 Å². The first kappa shape index (κ1) is 14.3. The molecule has 2 aromatic rings. The van der Waals surface area contributed by atoms with Crippen molar-refractivity contribution in [1.82, 2.24) is 9.97 Å². The molecule has 0 saturated heterocycles. The molecule has 2 rings (SSSR count). The minimum absolute atomic E-state index is 0.626. The Balaban J connectivity index is 2.27. The third-order valence-corrected chi connectivity index (χ3v) is 3.33. The predicted octanol–water partition coefficient (Wildman–Crippen LogP) is 3.70. The Morgan fingerprint density at radius 1 is 1.00 bits per heavy atom. The van der Waals surface area contributed by atoms with Gasteiger partial charge in [0.2, 0.25) is 5.95 Å². The Bertz CT molecular complexity index is 593. The monoisotopic (exact) mass is 270 g/mol. The fourth-order valence-electron chi connectivity index (χ4n) is 2.26. The van der Waals surface area contributed by atoms with Crippen molar-refractivity contribution >= 4 is 17.5 Å². The lowest BCUT2D eigenvalue weighted by molar-refractivity contribution is 1.04. The standard InChI is InChI=1S/C16H22N4/c1-5-12-7-8-14(10-13(12)6-2)19-16-18-11(3)9-15(17-4)20-16/h7-10H,5-6H2,1-4H3,(H2,17,18,19,20). The van der Waals surface area contributed by atoms with Gasteiger partial charge in [-0.05, 0) is 43.0 Å². The number of hydrogen-bond donors (Lipinski definition) is 2. The van der Waals surface area contributed by atoms with Crippen LogP contribution in [0.1, 0.15) is 30.7 Å². The number of nitrogens with zero attached hydrogens (tertiary/aromatic N) is 2. The zero-order valence-corrected chi connectivity index (χ0v) is 12.6. The number of hydrogen-bond acceptors (Lipinski definition) is 4. The van der Waals surface area contributed by atoms with E-state index < -0.39 is 0 Å². The zero-order chi connectivity index (χ0) is 14.5. The van der Waals surface area contributed by atoms with E-state index in [0.717, 1.165) is 30.0 Å². The topological polar surface area (TPSA) is 49.8 Å². The molecule has 0 fully saturated rings. The van der Waals surface area contributed by atoms with Crippen LogP contribution in [0.3, 0.4) is 0 Å². The summed E-state index contributed by atoms with van der Waals surface area (Å²) in [6, 6.07) is 8.37. The van der Waals surface area contributed by atoms with E-state index in [0.29, 0.717) is 5.95 Å². The molecule has 4 heteroatoms. The number of rotatable bonds is 5. The summed E-state index contributed by atoms with van der Waals surface area (Å²) in [6.45, 7) is 6.33. The first-order chi connectivity index (χ1) is 9.66. The Morgan fingerprint density at radius 3 is 2.40 bits per heavy atom. The van der Waals surface area contributed by atoms with Gasteiger partial charge in [-0.15, -0.1) is 0 Å². The minimum Gasteiger partial charge on any atom is -0.373 e. The third kappa shape index (κ3) is 3.26. The molecule has 0 spiro atoms. The van der Waals surface area contributed by atoms with E-state index in [-0.39, 0.29) is 0 Å². The smallest absolute Gasteiger partial charge is 0.229 e. The largest absolute Gasteiger partial charge is 0.373 e. The molecule has 0 amide bonds. The first-order valence-electron chi connectivity index (χ1n) is 7.08. The van der Waals surface area contributed by atoms with Crippen LogP contribution in [0.4, 0.5) is 17.5 Å². The molecular formula is C16H22N4. The highest BCUT2D eigenvalue weighted by Crippen LogP contribution is 2.20. The average Bonchev–Trinajstić information content (AvgIpc) is 2.46. The minimum atomic E-state index is 0.626. The quantitative estimate of drug-likeness (QED) is 0.870. The number of benzene rings is 1. The molecule has 106 valence electrons. The lowest BCUT2D eigenvalue weighted by Crippen LogP contribution is -2.03. The molecule has 0 unspecified atom stereocenters. The normalized spacial score (nSPS) is 10.4. The molecular weight excluding hydrogens is 248 g/mol. The van der Waals surface area contributed by atoms with Crippen LogP contribution in [0.25, 0.3) is 0 Å². The van der Waals surface area contributed by atoms with E-state index in [1.807, 2.05) is 20.0 Å². The molecule has 0 aliphatic heterocycles. The van der Waals surface area contributed by atoms with E-state index in [1.165, 1.54) is 11.1 Å². The summed E-state index contributed by atoms with van der Waals surface area (Å²) in [5, 5.41) is 6.33. The van der Waals surface area contributed by atoms with E-state index in [1.54, 1.807) is 0 Å². The van der Waals surface area contributed by atoms with Crippen molar-refractivity contribution in [2.75, 3.05) is 17.7 Å². The van der Waals surface area contributed by atoms with Gasteiger partial charge in [0.05, 0.1) is 0 Å². The van der Waals surface area contributed by atoms with Gasteiger partial charge in [0.15, 0.2) is 0 Å². The van der Waals surface area contributed by atoms with Gasteiger partial charge < -0.3 is 10.6 Å². The van der Waals surface area contributed by atoms with Crippen molar-refractivity contribution in [3.63, 3.8) is 0 Å². The molecule has 20 heavy (non-hydrogen) atoms. The van der Waals surface area contributed by atoms with Crippen LogP contribution in [-0.4, -0.2) is 17.0 Å². The molecule has 1 aromatic heterocycles. The van der Waals surface area contributed by atoms with Gasteiger partial charge in [0.25, 0.3) is 0 Å². The van der Waals surface area contributed by atoms with Crippen LogP contribution in [-0.2, 0) is 12.8 Å². The molecule has 0 atom stereocenters. The van der Waals surface area contributed by atoms with Crippen LogP contribution < -0.4 is 10.6 Å². The van der Waals surface area contributed by atoms with Gasteiger partial charge in [0.1, 0.15) is 5.82 Å². The van der Waals surface area contributed by atoms with Crippen LogP contribution >= 0.6 is 0 Å². The maximum Gasteiger partial charge on any atom is 0.229 e. The van der Waals surface area contributed by atoms with Gasteiger partial charge >= 0.3 is 0 Å². The summed E-state index contributed by atoms with van der Waals surface area (Å²) in [7, 11) is 1.86. The van der Waals surface area contributed by atoms with E-state index >= 15 is 0 Å². The first-order valence-corrected chi connectivity index (χ1v) is 7.08. The molecule has 2 N–H and O–H groups in total. The molecule has 1 heterocycles. The summed E-state index contributed by atoms with van der Waals surface area (Å²) >= 11 is 0. The fourth-order valence-corrected chi connectivity index (χ4v) is 2.26. The third-order valence-electron chi connectivity index (χ3n) is 3.33. The number of aryl methyl sites for hydroxylation is 3. The maximum atomic E-state index is 4.41. The SMILES string of the molecule is CCc1ccc(Nc2nc(C)cc(NC)n2)cc1CC. The van der Waals surface area contributed by atoms with Gasteiger partial charge in [-0.1, -0.05) is 19.9 Å². The summed E-state index contributed by atoms with van der Waals surface area (Å²) in [4.78, 5) is 8.83. The van der Waals surface area contributed by atoms with E-state index in [9.17, 15) is 0 Å². The van der Waals surface area contributed by atoms with Crippen LogP contribution in [0, 0.1) is 6.92 Å². The second kappa shape index (κ2) is 6.37. The van der Waals surface area contributed by atoms with Crippen molar-refractivity contribution < 1.29 is 0 Å². The lowest BCUT2D eigenvalue weighted by atomic mass is 10.0. The number of anilines is 3. The Labute approximate surface area is 120 Å². The van der Waals surface area contributed by atoms with Gasteiger partial charge in [0, 0.05) is 24.5 Å². The van der Waals surface area contributed by atoms with Crippen molar-refractivity contribution in [3.8, 4) is 0 Å². The molecule has 0 aliphatic rings. The van der Waals surface area contributed by atoms with Crippen molar-refractivity contribution in [3.05, 3.63) is 41.1 Å². The molecule has 0 saturated carbocycles. The summed E-state index contributed by atoms with van der Waals surface area (Å²) in [6.07, 6.45) is 2.10. The van der Waals surface area contributed by atoms with Crippen molar-refractivity contribution in [2.24, 2.45) is 0 Å². The zero-order valence-electron chi connectivity index (χ0n) is 12.6. The van der Waals surface area contributed by atoms with E-state index in [2.05, 4.69) is 52.6 Å². The van der Waals surface area contributed by atoms with Crippen LogP contribution in [0.5, 0.6) is 0 Å². The predicted molar refractivity (Wildman–Crippen MR) is 84.8 cm³/mol. The highest BCUT2D eigenvalue weighted by Gasteiger charge is 2.04. The summed E-state index contributed by atoms with van der Waals surface area (Å²) < 4.78 is 0. The van der Waals surface area contributed by atoms with Gasteiger partial charge in [-0.3, -0.25) is 0 Å². The Kier molecular flexibility index (Phi) is 4.56. The lowest BCUT2D eigenvalue weighted by Gasteiger charge is -2.11. The number of aromatic nitrogens is 2. The average molecular weight is 270 g/mol. The number of nitrogens with one attached hydrogen (secondary N) is 2. The van der Waals surface area contributed by atoms with Gasteiger partial charge in [-0.25, -0.2) is 4.98 Å². The van der Waals surface area contributed by atoms with Crippen molar-refractivity contribution in [2.45, 2.75) is 33.6 Å². The molecule has 4 nitrogen and oxygen atoms in total. The summed E-state index contributed by atoms with van der Waals surface area (Å²) in [5.74, 6) is 1.45. The second-order valence-corrected chi connectivity index (χ2v) is 4.78. The highest BCUT2D eigenvalue weighted by molar-refractivity contribution is 5.57. The summed E-state index contributed by atoms with van der Waals surface area (Å²) in [5.41, 5.74) is 4.75. The second-order valence-electron chi connectivity index (χ2n) is 4.78. The van der Waals surface area contributed by atoms with E-state index in [4.69, 9.17) is 0 Å². The van der Waals surface area contributed by atoms with Crippen LogP contribution in [0.15, 0.2) is 24.3 Å². The fraction of sp³-hybridized carbons (Fsp3) is 0.375. The molecule has 0 aliphatic carbocycles. The Hall–Kier alpha value is -2.10. The molecule has 1 aromatic carbocycles. The van der Waals surface area contributed by atoms with Gasteiger partial charge in [-0.2, -0.15) is 4.98 Å². The Morgan fingerprint density at radius 2 is 1.75 bits per heavy atom. The molecule has 0 radical (unpaired) electrons. The maximum absolute atomic E-state index is 4.41. The highest BCUT2D eigenvalue weighted by atomic mass is 15.1. The van der Waals surface area contributed by atoms with Crippen molar-refractivity contribution in [1.29, 1.82) is 0 Å².